The number of hydrogen-bond acceptors (Lipinski definition) is 5. The van der Waals surface area contributed by atoms with Crippen LogP contribution in [0.3, 0.4) is 0 Å². The molecule has 0 radical (unpaired) electrons. The van der Waals surface area contributed by atoms with Gasteiger partial charge in [0.25, 0.3) is 4.84 Å². The fourth-order valence-corrected chi connectivity index (χ4v) is 3.63. The highest BCUT2D eigenvalue weighted by atomic mass is 32.1. The van der Waals surface area contributed by atoms with Crippen molar-refractivity contribution < 1.29 is 9.15 Å². The second kappa shape index (κ2) is 7.61. The van der Waals surface area contributed by atoms with Crippen LogP contribution in [-0.4, -0.2) is 42.8 Å². The molecule has 1 aliphatic heterocycles. The van der Waals surface area contributed by atoms with E-state index in [0.717, 1.165) is 43.9 Å². The molecule has 0 amide bonds. The normalized spacial score (nSPS) is 15.1. The maximum absolute atomic E-state index is 5.67. The van der Waals surface area contributed by atoms with Crippen LogP contribution in [0.15, 0.2) is 52.9 Å². The molecule has 0 bridgehead atoms. The molecule has 0 N–H and O–H groups in total. The summed E-state index contributed by atoms with van der Waals surface area (Å²) in [6.07, 6.45) is 0. The van der Waals surface area contributed by atoms with Crippen molar-refractivity contribution in [2.75, 3.05) is 38.3 Å². The maximum Gasteiger partial charge on any atom is 0.270 e. The van der Waals surface area contributed by atoms with Gasteiger partial charge >= 0.3 is 0 Å². The van der Waals surface area contributed by atoms with E-state index in [0.29, 0.717) is 11.5 Å². The van der Waals surface area contributed by atoms with Crippen LogP contribution in [0.4, 0.5) is 5.69 Å². The minimum atomic E-state index is 0.515. The van der Waals surface area contributed by atoms with Gasteiger partial charge in [-0.2, -0.15) is 0 Å². The van der Waals surface area contributed by atoms with Gasteiger partial charge in [0, 0.05) is 25.3 Å². The van der Waals surface area contributed by atoms with Crippen molar-refractivity contribution in [3.63, 3.8) is 0 Å². The summed E-state index contributed by atoms with van der Waals surface area (Å²) in [5.41, 5.74) is 4.42. The predicted molar refractivity (Wildman–Crippen MR) is 106 cm³/mol. The van der Waals surface area contributed by atoms with E-state index in [1.165, 1.54) is 11.3 Å². The zero-order valence-corrected chi connectivity index (χ0v) is 15.7. The van der Waals surface area contributed by atoms with Gasteiger partial charge in [0.05, 0.1) is 25.4 Å². The molecule has 1 fully saturated rings. The summed E-state index contributed by atoms with van der Waals surface area (Å²) in [7, 11) is 2.10. The number of nitrogens with zero attached hydrogens (tertiary/aromatic N) is 3. The van der Waals surface area contributed by atoms with Crippen LogP contribution in [0, 0.1) is 4.84 Å². The first-order valence-electron chi connectivity index (χ1n) is 8.89. The summed E-state index contributed by atoms with van der Waals surface area (Å²) in [4.78, 5) is 5.12. The lowest BCUT2D eigenvalue weighted by Gasteiger charge is -2.29. The van der Waals surface area contributed by atoms with Crippen LogP contribution in [0.5, 0.6) is 0 Å². The number of aromatic nitrogens is 1. The highest BCUT2D eigenvalue weighted by molar-refractivity contribution is 7.71. The van der Waals surface area contributed by atoms with E-state index in [4.69, 9.17) is 21.4 Å². The second-order valence-electron chi connectivity index (χ2n) is 6.69. The Bertz CT molecular complexity index is 926. The number of fused-ring (bicyclic) bond motifs is 1. The molecule has 1 aromatic heterocycles. The summed E-state index contributed by atoms with van der Waals surface area (Å²) in [5.74, 6) is 0. The number of anilines is 1. The number of benzene rings is 2. The van der Waals surface area contributed by atoms with E-state index in [9.17, 15) is 0 Å². The molecule has 3 aromatic rings. The van der Waals surface area contributed by atoms with E-state index in [1.54, 1.807) is 0 Å². The number of hydrogen-bond donors (Lipinski definition) is 0. The van der Waals surface area contributed by atoms with Gasteiger partial charge in [0.2, 0.25) is 0 Å². The fourth-order valence-electron chi connectivity index (χ4n) is 3.38. The van der Waals surface area contributed by atoms with Crippen LogP contribution < -0.4 is 4.90 Å². The Morgan fingerprint density at radius 1 is 1.04 bits per heavy atom. The highest BCUT2D eigenvalue weighted by Crippen LogP contribution is 2.19. The summed E-state index contributed by atoms with van der Waals surface area (Å²) in [6, 6.07) is 16.8. The van der Waals surface area contributed by atoms with E-state index in [1.807, 2.05) is 28.8 Å². The van der Waals surface area contributed by atoms with Crippen molar-refractivity contribution in [1.82, 2.24) is 9.47 Å². The number of oxazole rings is 1. The van der Waals surface area contributed by atoms with Gasteiger partial charge in [-0.1, -0.05) is 24.3 Å². The Balaban J connectivity index is 1.43. The molecule has 0 aliphatic carbocycles. The summed E-state index contributed by atoms with van der Waals surface area (Å²) in [5, 5.41) is 0. The Morgan fingerprint density at radius 2 is 1.77 bits per heavy atom. The second-order valence-corrected chi connectivity index (χ2v) is 7.03. The summed E-state index contributed by atoms with van der Waals surface area (Å²) in [6.45, 7) is 5.09. The van der Waals surface area contributed by atoms with Crippen LogP contribution in [0.2, 0.25) is 0 Å². The lowest BCUT2D eigenvalue weighted by molar-refractivity contribution is 0.122. The van der Waals surface area contributed by atoms with E-state index >= 15 is 0 Å². The number of morpholine rings is 1. The van der Waals surface area contributed by atoms with Gasteiger partial charge < -0.3 is 14.1 Å². The average Bonchev–Trinajstić information content (AvgIpc) is 2.98. The number of ether oxygens (including phenoxy) is 1. The lowest BCUT2D eigenvalue weighted by atomic mass is 10.2. The number of para-hydroxylation sites is 2. The van der Waals surface area contributed by atoms with Gasteiger partial charge in [-0.3, -0.25) is 9.47 Å². The molecule has 1 aliphatic rings. The molecule has 6 heteroatoms. The lowest BCUT2D eigenvalue weighted by Crippen LogP contribution is -2.36. The minimum absolute atomic E-state index is 0.515. The smallest absolute Gasteiger partial charge is 0.270 e. The average molecular weight is 369 g/mol. The van der Waals surface area contributed by atoms with Gasteiger partial charge in [-0.25, -0.2) is 0 Å². The van der Waals surface area contributed by atoms with Crippen molar-refractivity contribution in [3.8, 4) is 0 Å². The third kappa shape index (κ3) is 3.67. The van der Waals surface area contributed by atoms with Crippen molar-refractivity contribution in [1.29, 1.82) is 0 Å². The quantitative estimate of drug-likeness (QED) is 0.638. The van der Waals surface area contributed by atoms with Gasteiger partial charge in [-0.15, -0.1) is 0 Å². The molecule has 136 valence electrons. The SMILES string of the molecule is CN(Cc1ccc(N2CCOCC2)cc1)Cn1c(=S)oc2ccccc21. The molecule has 26 heavy (non-hydrogen) atoms. The molecule has 0 saturated carbocycles. The van der Waals surface area contributed by atoms with Crippen molar-refractivity contribution in [3.05, 3.63) is 58.9 Å². The molecule has 1 saturated heterocycles. The zero-order chi connectivity index (χ0) is 17.9. The van der Waals surface area contributed by atoms with Crippen LogP contribution >= 0.6 is 12.2 Å². The highest BCUT2D eigenvalue weighted by Gasteiger charge is 2.12. The third-order valence-electron chi connectivity index (χ3n) is 4.72. The topological polar surface area (TPSA) is 33.8 Å². The Kier molecular flexibility index (Phi) is 5.06. The largest absolute Gasteiger partial charge is 0.429 e. The molecule has 2 aromatic carbocycles. The molecular weight excluding hydrogens is 346 g/mol. The van der Waals surface area contributed by atoms with Crippen molar-refractivity contribution in [2.24, 2.45) is 0 Å². The van der Waals surface area contributed by atoms with E-state index in [2.05, 4.69) is 41.1 Å². The van der Waals surface area contributed by atoms with Crippen LogP contribution in [0.25, 0.3) is 11.1 Å². The Hall–Kier alpha value is -2.15. The molecule has 0 atom stereocenters. The maximum atomic E-state index is 5.67. The van der Waals surface area contributed by atoms with Crippen molar-refractivity contribution >= 4 is 29.0 Å². The molecular formula is C20H23N3O2S. The Labute approximate surface area is 158 Å². The summed E-state index contributed by atoms with van der Waals surface area (Å²) < 4.78 is 13.1. The van der Waals surface area contributed by atoms with Gasteiger partial charge in [0.1, 0.15) is 0 Å². The first-order valence-corrected chi connectivity index (χ1v) is 9.30. The predicted octanol–water partition coefficient (Wildman–Crippen LogP) is 3.89. The first-order chi connectivity index (χ1) is 12.7. The zero-order valence-electron chi connectivity index (χ0n) is 14.9. The molecule has 0 unspecified atom stereocenters. The van der Waals surface area contributed by atoms with Crippen LogP contribution in [0.1, 0.15) is 5.56 Å². The minimum Gasteiger partial charge on any atom is -0.429 e. The van der Waals surface area contributed by atoms with Crippen molar-refractivity contribution in [2.45, 2.75) is 13.2 Å². The third-order valence-corrected chi connectivity index (χ3v) is 5.03. The summed E-state index contributed by atoms with van der Waals surface area (Å²) >= 11 is 5.38. The van der Waals surface area contributed by atoms with E-state index in [-0.39, 0.29) is 0 Å². The van der Waals surface area contributed by atoms with Gasteiger partial charge in [0.15, 0.2) is 5.58 Å². The Morgan fingerprint density at radius 3 is 2.54 bits per heavy atom. The van der Waals surface area contributed by atoms with Gasteiger partial charge in [-0.05, 0) is 49.1 Å². The standard InChI is InChI=1S/C20H23N3O2S/c1-21(15-23-18-4-2-3-5-19(18)25-20(23)26)14-16-6-8-17(9-7-16)22-10-12-24-13-11-22/h2-9H,10-15H2,1H3. The monoisotopic (exact) mass is 369 g/mol. The van der Waals surface area contributed by atoms with E-state index < -0.39 is 0 Å². The number of rotatable bonds is 5. The first kappa shape index (κ1) is 17.3. The molecule has 2 heterocycles. The molecule has 4 rings (SSSR count). The van der Waals surface area contributed by atoms with Crippen LogP contribution in [-0.2, 0) is 18.0 Å². The molecule has 5 nitrogen and oxygen atoms in total. The molecule has 0 spiro atoms. The fraction of sp³-hybridized carbons (Fsp3) is 0.350.